The van der Waals surface area contributed by atoms with E-state index in [1.54, 1.807) is 6.07 Å². The van der Waals surface area contributed by atoms with E-state index in [-0.39, 0.29) is 23.5 Å². The molecule has 0 radical (unpaired) electrons. The highest BCUT2D eigenvalue weighted by atomic mass is 19.3. The minimum atomic E-state index is -2.87. The average molecular weight is 241 g/mol. The number of aromatic nitrogens is 1. The Morgan fingerprint density at radius 2 is 2.29 bits per heavy atom. The molecule has 0 spiro atoms. The van der Waals surface area contributed by atoms with Gasteiger partial charge in [0.15, 0.2) is 0 Å². The zero-order chi connectivity index (χ0) is 13.0. The molecule has 0 saturated heterocycles. The smallest absolute Gasteiger partial charge is 0.309 e. The summed E-state index contributed by atoms with van der Waals surface area (Å²) in [7, 11) is 0. The summed E-state index contributed by atoms with van der Waals surface area (Å²) >= 11 is 0. The summed E-state index contributed by atoms with van der Waals surface area (Å²) in [6, 6.07) is 2.65. The quantitative estimate of drug-likeness (QED) is 0.818. The molecule has 1 rings (SSSR count). The minimum absolute atomic E-state index is 0.0406. The zero-order valence-corrected chi connectivity index (χ0v) is 8.65. The number of carbonyl (C=O) groups is 1. The highest BCUT2D eigenvalue weighted by Gasteiger charge is 2.20. The molecule has 0 amide bonds. The van der Waals surface area contributed by atoms with Crippen molar-refractivity contribution in [3.05, 3.63) is 28.6 Å². The van der Waals surface area contributed by atoms with Crippen molar-refractivity contribution < 1.29 is 18.7 Å². The Hall–Kier alpha value is -2.07. The lowest BCUT2D eigenvalue weighted by molar-refractivity contribution is -0.136. The van der Waals surface area contributed by atoms with Gasteiger partial charge < -0.3 is 10.8 Å². The molecule has 0 aliphatic rings. The Balaban J connectivity index is 3.35. The number of carboxylic acid groups (broad SMARTS) is 1. The molecule has 3 N–H and O–H groups in total. The molecule has 1 aromatic heterocycles. The molecule has 7 heteroatoms. The maximum Gasteiger partial charge on any atom is 0.309 e. The fourth-order valence-electron chi connectivity index (χ4n) is 1.40. The third kappa shape index (κ3) is 2.95. The molecular formula is C10H9F2N3O2. The van der Waals surface area contributed by atoms with Gasteiger partial charge in [0.2, 0.25) is 0 Å². The van der Waals surface area contributed by atoms with E-state index in [9.17, 15) is 13.6 Å². The second-order valence-corrected chi connectivity index (χ2v) is 3.21. The Bertz CT molecular complexity index is 483. The first-order valence-corrected chi connectivity index (χ1v) is 4.62. The molecule has 1 aromatic rings. The van der Waals surface area contributed by atoms with Crippen molar-refractivity contribution in [3.8, 4) is 6.07 Å². The van der Waals surface area contributed by atoms with E-state index in [4.69, 9.17) is 16.1 Å². The van der Waals surface area contributed by atoms with E-state index in [2.05, 4.69) is 4.98 Å². The fraction of sp³-hybridized carbons (Fsp3) is 0.300. The molecule has 0 aromatic carbocycles. The Morgan fingerprint density at radius 1 is 1.65 bits per heavy atom. The first kappa shape index (κ1) is 13.0. The van der Waals surface area contributed by atoms with Crippen LogP contribution in [-0.4, -0.2) is 16.1 Å². The summed E-state index contributed by atoms with van der Waals surface area (Å²) in [5.74, 6) is -1.16. The number of halogens is 2. The Morgan fingerprint density at radius 3 is 2.71 bits per heavy atom. The standard InChI is InChI=1S/C10H9F2N3O2/c11-10(12)9-5(3-13)1-6(2-8(16)17)15-7(9)4-14/h1,10H,2,4,14H2,(H,16,17). The summed E-state index contributed by atoms with van der Waals surface area (Å²) in [5, 5.41) is 17.3. The van der Waals surface area contributed by atoms with Crippen molar-refractivity contribution in [2.75, 3.05) is 0 Å². The molecule has 17 heavy (non-hydrogen) atoms. The van der Waals surface area contributed by atoms with Crippen LogP contribution in [0.5, 0.6) is 0 Å². The molecule has 5 nitrogen and oxygen atoms in total. The minimum Gasteiger partial charge on any atom is -0.481 e. The van der Waals surface area contributed by atoms with Crippen molar-refractivity contribution in [1.82, 2.24) is 4.98 Å². The molecule has 0 fully saturated rings. The topological polar surface area (TPSA) is 100 Å². The van der Waals surface area contributed by atoms with Gasteiger partial charge in [0, 0.05) is 6.54 Å². The summed E-state index contributed by atoms with van der Waals surface area (Å²) in [5.41, 5.74) is 4.35. The number of aliphatic carboxylic acids is 1. The first-order valence-electron chi connectivity index (χ1n) is 4.62. The van der Waals surface area contributed by atoms with Gasteiger partial charge in [0.25, 0.3) is 6.43 Å². The molecule has 0 bridgehead atoms. The van der Waals surface area contributed by atoms with Gasteiger partial charge in [0.05, 0.1) is 35.0 Å². The average Bonchev–Trinajstić information content (AvgIpc) is 2.26. The van der Waals surface area contributed by atoms with E-state index >= 15 is 0 Å². The fourth-order valence-corrected chi connectivity index (χ4v) is 1.40. The maximum atomic E-state index is 12.7. The summed E-state index contributed by atoms with van der Waals surface area (Å²) < 4.78 is 25.4. The highest BCUT2D eigenvalue weighted by molar-refractivity contribution is 5.69. The molecule has 0 saturated carbocycles. The van der Waals surface area contributed by atoms with Crippen LogP contribution in [0.15, 0.2) is 6.07 Å². The van der Waals surface area contributed by atoms with E-state index in [1.165, 1.54) is 0 Å². The lowest BCUT2D eigenvalue weighted by Gasteiger charge is -2.10. The molecule has 90 valence electrons. The third-order valence-corrected chi connectivity index (χ3v) is 2.05. The van der Waals surface area contributed by atoms with Crippen LogP contribution in [0.3, 0.4) is 0 Å². The van der Waals surface area contributed by atoms with Gasteiger partial charge in [-0.05, 0) is 6.07 Å². The lowest BCUT2D eigenvalue weighted by Crippen LogP contribution is -2.12. The predicted molar refractivity (Wildman–Crippen MR) is 53.1 cm³/mol. The van der Waals surface area contributed by atoms with Crippen LogP contribution >= 0.6 is 0 Å². The highest BCUT2D eigenvalue weighted by Crippen LogP contribution is 2.26. The predicted octanol–water partition coefficient (Wildman–Crippen LogP) is 0.977. The van der Waals surface area contributed by atoms with Gasteiger partial charge in [-0.3, -0.25) is 9.78 Å². The molecule has 0 aliphatic carbocycles. The summed E-state index contributed by atoms with van der Waals surface area (Å²) in [6.45, 7) is -0.276. The van der Waals surface area contributed by atoms with Gasteiger partial charge in [-0.15, -0.1) is 0 Å². The van der Waals surface area contributed by atoms with Crippen molar-refractivity contribution in [1.29, 1.82) is 5.26 Å². The van der Waals surface area contributed by atoms with Gasteiger partial charge in [-0.2, -0.15) is 5.26 Å². The van der Waals surface area contributed by atoms with Crippen LogP contribution in [0, 0.1) is 11.3 Å². The second kappa shape index (κ2) is 5.32. The second-order valence-electron chi connectivity index (χ2n) is 3.21. The van der Waals surface area contributed by atoms with Crippen LogP contribution in [0.2, 0.25) is 0 Å². The summed E-state index contributed by atoms with van der Waals surface area (Å²) in [4.78, 5) is 14.2. The lowest BCUT2D eigenvalue weighted by atomic mass is 10.0. The van der Waals surface area contributed by atoms with Crippen LogP contribution in [0.1, 0.15) is 28.9 Å². The zero-order valence-electron chi connectivity index (χ0n) is 8.65. The van der Waals surface area contributed by atoms with Crippen molar-refractivity contribution in [3.63, 3.8) is 0 Å². The number of rotatable bonds is 4. The molecule has 0 aliphatic heterocycles. The van der Waals surface area contributed by atoms with Gasteiger partial charge in [0.1, 0.15) is 0 Å². The molecule has 1 heterocycles. The molecule has 0 unspecified atom stereocenters. The van der Waals surface area contributed by atoms with Gasteiger partial charge in [-0.25, -0.2) is 8.78 Å². The number of hydrogen-bond acceptors (Lipinski definition) is 4. The SMILES string of the molecule is N#Cc1cc(CC(=O)O)nc(CN)c1C(F)F. The Kier molecular flexibility index (Phi) is 4.06. The number of nitriles is 1. The number of nitrogens with zero attached hydrogens (tertiary/aromatic N) is 2. The van der Waals surface area contributed by atoms with Crippen molar-refractivity contribution >= 4 is 5.97 Å². The maximum absolute atomic E-state index is 12.7. The molecule has 0 atom stereocenters. The van der Waals surface area contributed by atoms with Gasteiger partial charge in [-0.1, -0.05) is 0 Å². The normalized spacial score (nSPS) is 10.3. The Labute approximate surface area is 95.5 Å². The van der Waals surface area contributed by atoms with E-state index < -0.39 is 24.4 Å². The number of carboxylic acids is 1. The summed E-state index contributed by atoms with van der Waals surface area (Å²) in [6.07, 6.45) is -3.31. The van der Waals surface area contributed by atoms with Crippen molar-refractivity contribution in [2.45, 2.75) is 19.4 Å². The van der Waals surface area contributed by atoms with Crippen LogP contribution < -0.4 is 5.73 Å². The number of hydrogen-bond donors (Lipinski definition) is 2. The van der Waals surface area contributed by atoms with E-state index in [1.807, 2.05) is 0 Å². The third-order valence-electron chi connectivity index (χ3n) is 2.05. The van der Waals surface area contributed by atoms with Crippen LogP contribution in [0.25, 0.3) is 0 Å². The monoisotopic (exact) mass is 241 g/mol. The van der Waals surface area contributed by atoms with E-state index in [0.29, 0.717) is 0 Å². The van der Waals surface area contributed by atoms with Crippen molar-refractivity contribution in [2.24, 2.45) is 5.73 Å². The molecular weight excluding hydrogens is 232 g/mol. The first-order chi connectivity index (χ1) is 7.99. The number of pyridine rings is 1. The largest absolute Gasteiger partial charge is 0.481 e. The number of alkyl halides is 2. The van der Waals surface area contributed by atoms with E-state index in [0.717, 1.165) is 6.07 Å². The van der Waals surface area contributed by atoms with Gasteiger partial charge >= 0.3 is 5.97 Å². The number of nitrogens with two attached hydrogens (primary N) is 1. The van der Waals surface area contributed by atoms with Crippen LogP contribution in [0.4, 0.5) is 8.78 Å². The van der Waals surface area contributed by atoms with Crippen LogP contribution in [-0.2, 0) is 17.8 Å².